The van der Waals surface area contributed by atoms with Crippen molar-refractivity contribution in [1.82, 2.24) is 0 Å². The summed E-state index contributed by atoms with van der Waals surface area (Å²) in [6.45, 7) is 1.85. The number of halogens is 1. The molecule has 0 unspecified atom stereocenters. The Hall–Kier alpha value is -3.03. The number of ether oxygens (including phenoxy) is 1. The van der Waals surface area contributed by atoms with Crippen molar-refractivity contribution in [2.24, 2.45) is 0 Å². The lowest BCUT2D eigenvalue weighted by atomic mass is 10.1. The average Bonchev–Trinajstić information content (AvgIpc) is 2.75. The molecule has 0 aliphatic rings. The molecule has 0 atom stereocenters. The van der Waals surface area contributed by atoms with Gasteiger partial charge in [0.05, 0.1) is 17.7 Å². The van der Waals surface area contributed by atoms with Gasteiger partial charge >= 0.3 is 0 Å². The Morgan fingerprint density at radius 3 is 2.20 bits per heavy atom. The Bertz CT molecular complexity index is 1160. The van der Waals surface area contributed by atoms with E-state index in [1.807, 2.05) is 6.92 Å². The summed E-state index contributed by atoms with van der Waals surface area (Å²) in [4.78, 5) is 12.7. The summed E-state index contributed by atoms with van der Waals surface area (Å²) in [6, 6.07) is 17.7. The molecule has 1 amide bonds. The number of amides is 1. The van der Waals surface area contributed by atoms with E-state index in [1.165, 1.54) is 30.6 Å². The molecule has 3 aromatic rings. The van der Waals surface area contributed by atoms with Crippen molar-refractivity contribution < 1.29 is 17.9 Å². The third-order valence-electron chi connectivity index (χ3n) is 4.65. The summed E-state index contributed by atoms with van der Waals surface area (Å²) in [6.07, 6.45) is 0. The Labute approximate surface area is 181 Å². The summed E-state index contributed by atoms with van der Waals surface area (Å²) in [5.41, 5.74) is 2.35. The van der Waals surface area contributed by atoms with Gasteiger partial charge in [-0.25, -0.2) is 8.42 Å². The fourth-order valence-corrected chi connectivity index (χ4v) is 4.25. The number of aryl methyl sites for hydroxylation is 1. The second-order valence-electron chi connectivity index (χ2n) is 6.61. The SMILES string of the molecule is COc1ccc(S(=O)(=O)N(C)c2ccc(C(=O)Nc3ccc(Cl)cc3C)cc2)cc1. The number of carbonyl (C=O) groups is 1. The van der Waals surface area contributed by atoms with Crippen molar-refractivity contribution in [3.63, 3.8) is 0 Å². The molecule has 0 saturated heterocycles. The van der Waals surface area contributed by atoms with Crippen LogP contribution in [0.1, 0.15) is 15.9 Å². The van der Waals surface area contributed by atoms with E-state index >= 15 is 0 Å². The summed E-state index contributed by atoms with van der Waals surface area (Å²) >= 11 is 5.94. The van der Waals surface area contributed by atoms with Crippen LogP contribution in [0.5, 0.6) is 5.75 Å². The molecular formula is C22H21ClN2O4S. The van der Waals surface area contributed by atoms with Gasteiger partial charge in [-0.2, -0.15) is 0 Å². The molecule has 0 saturated carbocycles. The van der Waals surface area contributed by atoms with Gasteiger partial charge in [0.2, 0.25) is 0 Å². The van der Waals surface area contributed by atoms with E-state index < -0.39 is 10.0 Å². The van der Waals surface area contributed by atoms with Crippen LogP contribution in [-0.4, -0.2) is 28.5 Å². The zero-order valence-corrected chi connectivity index (χ0v) is 18.3. The number of carbonyl (C=O) groups excluding carboxylic acids is 1. The predicted octanol–water partition coefficient (Wildman–Crippen LogP) is 4.73. The lowest BCUT2D eigenvalue weighted by Crippen LogP contribution is -2.26. The van der Waals surface area contributed by atoms with E-state index in [4.69, 9.17) is 16.3 Å². The minimum absolute atomic E-state index is 0.144. The number of rotatable bonds is 6. The van der Waals surface area contributed by atoms with Gasteiger partial charge in [0.1, 0.15) is 5.75 Å². The minimum Gasteiger partial charge on any atom is -0.497 e. The van der Waals surface area contributed by atoms with E-state index in [2.05, 4.69) is 5.32 Å². The van der Waals surface area contributed by atoms with Crippen LogP contribution in [-0.2, 0) is 10.0 Å². The highest BCUT2D eigenvalue weighted by Crippen LogP contribution is 2.25. The number of anilines is 2. The lowest BCUT2D eigenvalue weighted by Gasteiger charge is -2.20. The molecule has 3 aromatic carbocycles. The molecule has 6 nitrogen and oxygen atoms in total. The van der Waals surface area contributed by atoms with Gasteiger partial charge in [0, 0.05) is 23.3 Å². The van der Waals surface area contributed by atoms with Gasteiger partial charge in [-0.3, -0.25) is 9.10 Å². The van der Waals surface area contributed by atoms with Crippen LogP contribution >= 0.6 is 11.6 Å². The topological polar surface area (TPSA) is 75.7 Å². The first kappa shape index (κ1) is 21.7. The van der Waals surface area contributed by atoms with Crippen LogP contribution in [0.4, 0.5) is 11.4 Å². The Kier molecular flexibility index (Phi) is 6.34. The molecule has 0 fully saturated rings. The van der Waals surface area contributed by atoms with E-state index in [0.29, 0.717) is 27.7 Å². The molecule has 0 spiro atoms. The van der Waals surface area contributed by atoms with E-state index in [1.54, 1.807) is 54.6 Å². The highest BCUT2D eigenvalue weighted by atomic mass is 35.5. The summed E-state index contributed by atoms with van der Waals surface area (Å²) in [7, 11) is -0.764. The first-order valence-corrected chi connectivity index (χ1v) is 10.8. The number of methoxy groups -OCH3 is 1. The van der Waals surface area contributed by atoms with Crippen LogP contribution < -0.4 is 14.4 Å². The second kappa shape index (κ2) is 8.77. The van der Waals surface area contributed by atoms with Crippen molar-refractivity contribution >= 4 is 38.9 Å². The largest absolute Gasteiger partial charge is 0.497 e. The Morgan fingerprint density at radius 2 is 1.63 bits per heavy atom. The molecule has 8 heteroatoms. The first-order chi connectivity index (χ1) is 14.2. The van der Waals surface area contributed by atoms with Gasteiger partial charge < -0.3 is 10.1 Å². The Balaban J connectivity index is 1.77. The summed E-state index contributed by atoms with van der Waals surface area (Å²) < 4.78 is 31.9. The van der Waals surface area contributed by atoms with Crippen LogP contribution in [0.2, 0.25) is 5.02 Å². The highest BCUT2D eigenvalue weighted by molar-refractivity contribution is 7.92. The molecule has 156 valence electrons. The monoisotopic (exact) mass is 444 g/mol. The van der Waals surface area contributed by atoms with Gasteiger partial charge in [0.25, 0.3) is 15.9 Å². The fraction of sp³-hybridized carbons (Fsp3) is 0.136. The molecule has 0 bridgehead atoms. The van der Waals surface area contributed by atoms with Crippen LogP contribution in [0.3, 0.4) is 0 Å². The van der Waals surface area contributed by atoms with E-state index in [-0.39, 0.29) is 10.8 Å². The van der Waals surface area contributed by atoms with E-state index in [0.717, 1.165) is 5.56 Å². The number of nitrogens with one attached hydrogen (secondary N) is 1. The molecule has 3 rings (SSSR count). The number of nitrogens with zero attached hydrogens (tertiary/aromatic N) is 1. The minimum atomic E-state index is -3.74. The third-order valence-corrected chi connectivity index (χ3v) is 6.68. The first-order valence-electron chi connectivity index (χ1n) is 9.03. The van der Waals surface area contributed by atoms with Crippen LogP contribution in [0, 0.1) is 6.92 Å². The molecule has 0 aliphatic carbocycles. The molecule has 0 heterocycles. The average molecular weight is 445 g/mol. The maximum Gasteiger partial charge on any atom is 0.264 e. The second-order valence-corrected chi connectivity index (χ2v) is 9.01. The third kappa shape index (κ3) is 4.58. The molecule has 30 heavy (non-hydrogen) atoms. The highest BCUT2D eigenvalue weighted by Gasteiger charge is 2.21. The molecule has 0 aromatic heterocycles. The smallest absolute Gasteiger partial charge is 0.264 e. The molecule has 0 aliphatic heterocycles. The zero-order valence-electron chi connectivity index (χ0n) is 16.7. The summed E-state index contributed by atoms with van der Waals surface area (Å²) in [5, 5.41) is 3.42. The molecule has 0 radical (unpaired) electrons. The molecular weight excluding hydrogens is 424 g/mol. The van der Waals surface area contributed by atoms with Gasteiger partial charge in [-0.05, 0) is 79.2 Å². The number of sulfonamides is 1. The van der Waals surface area contributed by atoms with Crippen molar-refractivity contribution in [3.05, 3.63) is 82.9 Å². The van der Waals surface area contributed by atoms with Crippen LogP contribution in [0.25, 0.3) is 0 Å². The number of hydrogen-bond acceptors (Lipinski definition) is 4. The quantitative estimate of drug-likeness (QED) is 0.596. The van der Waals surface area contributed by atoms with Crippen molar-refractivity contribution in [1.29, 1.82) is 0 Å². The van der Waals surface area contributed by atoms with Gasteiger partial charge in [0.15, 0.2) is 0 Å². The normalized spacial score (nSPS) is 11.1. The van der Waals surface area contributed by atoms with Gasteiger partial charge in [-0.1, -0.05) is 11.6 Å². The predicted molar refractivity (Wildman–Crippen MR) is 119 cm³/mol. The van der Waals surface area contributed by atoms with Crippen molar-refractivity contribution in [2.45, 2.75) is 11.8 Å². The standard InChI is InChI=1S/C22H21ClN2O4S/c1-15-14-17(23)6-13-21(15)24-22(26)16-4-7-18(8-5-16)25(2)30(27,28)20-11-9-19(29-3)10-12-20/h4-14H,1-3H3,(H,24,26). The maximum atomic E-state index is 12.9. The van der Waals surface area contributed by atoms with Crippen molar-refractivity contribution in [2.75, 3.05) is 23.8 Å². The van der Waals surface area contributed by atoms with Crippen LogP contribution in [0.15, 0.2) is 71.6 Å². The Morgan fingerprint density at radius 1 is 1.00 bits per heavy atom. The fourth-order valence-electron chi connectivity index (χ4n) is 2.83. The molecule has 1 N–H and O–H groups in total. The van der Waals surface area contributed by atoms with Crippen molar-refractivity contribution in [3.8, 4) is 5.75 Å². The number of benzene rings is 3. The number of hydrogen-bond donors (Lipinski definition) is 1. The maximum absolute atomic E-state index is 12.9. The summed E-state index contributed by atoms with van der Waals surface area (Å²) in [5.74, 6) is 0.274. The zero-order chi connectivity index (χ0) is 21.9. The van der Waals surface area contributed by atoms with E-state index in [9.17, 15) is 13.2 Å². The lowest BCUT2D eigenvalue weighted by molar-refractivity contribution is 0.102. The van der Waals surface area contributed by atoms with Gasteiger partial charge in [-0.15, -0.1) is 0 Å².